The SMILES string of the molecule is CC1=C[C@@H](CO)[C@H](C(C)C)C[C@H]1Cc1nnc(-c2cncn2C)o1. The molecular weight excluding hydrogens is 304 g/mol. The normalized spacial score (nSPS) is 24.4. The monoisotopic (exact) mass is 330 g/mol. The molecule has 6 nitrogen and oxygen atoms in total. The number of aryl methyl sites for hydroxylation is 1. The molecular formula is C18H26N4O2. The fraction of sp³-hybridized carbons (Fsp3) is 0.611. The van der Waals surface area contributed by atoms with E-state index in [9.17, 15) is 5.11 Å². The molecule has 0 bridgehead atoms. The zero-order chi connectivity index (χ0) is 17.3. The Bertz CT molecular complexity index is 716. The smallest absolute Gasteiger partial charge is 0.265 e. The molecule has 0 spiro atoms. The number of hydrogen-bond acceptors (Lipinski definition) is 5. The highest BCUT2D eigenvalue weighted by atomic mass is 16.4. The average molecular weight is 330 g/mol. The second-order valence-corrected chi connectivity index (χ2v) is 7.19. The van der Waals surface area contributed by atoms with Crippen molar-refractivity contribution in [3.63, 3.8) is 0 Å². The van der Waals surface area contributed by atoms with Crippen LogP contribution in [0.4, 0.5) is 0 Å². The number of hydrogen-bond donors (Lipinski definition) is 1. The molecule has 2 aromatic heterocycles. The second kappa shape index (κ2) is 6.89. The highest BCUT2D eigenvalue weighted by Gasteiger charge is 2.32. The topological polar surface area (TPSA) is 77.0 Å². The Labute approximate surface area is 142 Å². The second-order valence-electron chi connectivity index (χ2n) is 7.19. The molecule has 0 fully saturated rings. The third kappa shape index (κ3) is 3.29. The summed E-state index contributed by atoms with van der Waals surface area (Å²) >= 11 is 0. The van der Waals surface area contributed by atoms with Crippen molar-refractivity contribution in [3.05, 3.63) is 30.1 Å². The molecule has 0 radical (unpaired) electrons. The van der Waals surface area contributed by atoms with E-state index in [0.717, 1.165) is 18.5 Å². The number of aliphatic hydroxyl groups excluding tert-OH is 1. The van der Waals surface area contributed by atoms with E-state index in [1.54, 1.807) is 12.5 Å². The Morgan fingerprint density at radius 1 is 1.38 bits per heavy atom. The van der Waals surface area contributed by atoms with E-state index in [1.807, 2.05) is 11.6 Å². The molecule has 0 aromatic carbocycles. The van der Waals surface area contributed by atoms with Gasteiger partial charge in [-0.05, 0) is 31.1 Å². The maximum Gasteiger partial charge on any atom is 0.265 e. The Balaban J connectivity index is 1.76. The van der Waals surface area contributed by atoms with Crippen LogP contribution in [-0.2, 0) is 13.5 Å². The first-order valence-corrected chi connectivity index (χ1v) is 8.57. The first kappa shape index (κ1) is 16.9. The molecule has 3 atom stereocenters. The van der Waals surface area contributed by atoms with Crippen molar-refractivity contribution in [1.82, 2.24) is 19.7 Å². The van der Waals surface area contributed by atoms with E-state index in [1.165, 1.54) is 5.57 Å². The van der Waals surface area contributed by atoms with E-state index < -0.39 is 0 Å². The van der Waals surface area contributed by atoms with Crippen LogP contribution in [0.15, 0.2) is 28.6 Å². The first-order valence-electron chi connectivity index (χ1n) is 8.57. The van der Waals surface area contributed by atoms with Crippen LogP contribution in [0, 0.1) is 23.7 Å². The standard InChI is InChI=1S/C18H26N4O2/c1-11(2)15-6-13(12(3)5-14(15)9-23)7-17-20-21-18(24-17)16-8-19-10-22(16)4/h5,8,10-11,13-15,23H,6-7,9H2,1-4H3/t13-,14-,15-/m0/s1. The van der Waals surface area contributed by atoms with Crippen molar-refractivity contribution in [2.75, 3.05) is 6.61 Å². The average Bonchev–Trinajstić information content (AvgIpc) is 3.17. The van der Waals surface area contributed by atoms with Gasteiger partial charge in [0.1, 0.15) is 5.69 Å². The largest absolute Gasteiger partial charge is 0.419 e. The van der Waals surface area contributed by atoms with Gasteiger partial charge in [0.2, 0.25) is 5.89 Å². The highest BCUT2D eigenvalue weighted by molar-refractivity contribution is 5.44. The Morgan fingerprint density at radius 3 is 2.79 bits per heavy atom. The van der Waals surface area contributed by atoms with Crippen LogP contribution < -0.4 is 0 Å². The van der Waals surface area contributed by atoms with Gasteiger partial charge in [0.25, 0.3) is 5.89 Å². The van der Waals surface area contributed by atoms with Crippen LogP contribution in [0.5, 0.6) is 0 Å². The number of allylic oxidation sites excluding steroid dienone is 1. The summed E-state index contributed by atoms with van der Waals surface area (Å²) < 4.78 is 7.71. The third-order valence-corrected chi connectivity index (χ3v) is 5.22. The molecule has 2 aromatic rings. The van der Waals surface area contributed by atoms with Gasteiger partial charge in [0.05, 0.1) is 12.5 Å². The molecule has 1 aliphatic rings. The van der Waals surface area contributed by atoms with Crippen LogP contribution in [0.2, 0.25) is 0 Å². The lowest BCUT2D eigenvalue weighted by Crippen LogP contribution is -2.30. The summed E-state index contributed by atoms with van der Waals surface area (Å²) in [6.45, 7) is 6.82. The molecule has 0 aliphatic heterocycles. The first-order chi connectivity index (χ1) is 11.5. The zero-order valence-corrected chi connectivity index (χ0v) is 14.8. The van der Waals surface area contributed by atoms with Gasteiger partial charge in [-0.15, -0.1) is 10.2 Å². The maximum absolute atomic E-state index is 9.65. The van der Waals surface area contributed by atoms with Gasteiger partial charge < -0.3 is 14.1 Å². The van der Waals surface area contributed by atoms with Crippen molar-refractivity contribution in [2.45, 2.75) is 33.6 Å². The predicted molar refractivity (Wildman–Crippen MR) is 91.0 cm³/mol. The summed E-state index contributed by atoms with van der Waals surface area (Å²) in [5.41, 5.74) is 2.14. The van der Waals surface area contributed by atoms with Gasteiger partial charge in [0.15, 0.2) is 0 Å². The molecule has 130 valence electrons. The molecule has 0 saturated heterocycles. The molecule has 1 N–H and O–H groups in total. The van der Waals surface area contributed by atoms with Crippen LogP contribution in [-0.4, -0.2) is 31.5 Å². The zero-order valence-electron chi connectivity index (χ0n) is 14.8. The number of imidazole rings is 1. The summed E-state index contributed by atoms with van der Waals surface area (Å²) in [5, 5.41) is 18.0. The molecule has 6 heteroatoms. The summed E-state index contributed by atoms with van der Waals surface area (Å²) in [7, 11) is 1.91. The minimum absolute atomic E-state index is 0.220. The summed E-state index contributed by atoms with van der Waals surface area (Å²) in [6, 6.07) is 0. The van der Waals surface area contributed by atoms with Crippen LogP contribution in [0.3, 0.4) is 0 Å². The van der Waals surface area contributed by atoms with Crippen molar-refractivity contribution < 1.29 is 9.52 Å². The van der Waals surface area contributed by atoms with Crippen LogP contribution >= 0.6 is 0 Å². The number of rotatable bonds is 5. The van der Waals surface area contributed by atoms with Gasteiger partial charge in [0, 0.05) is 26.0 Å². The molecule has 2 heterocycles. The fourth-order valence-corrected chi connectivity index (χ4v) is 3.70. The van der Waals surface area contributed by atoms with Crippen LogP contribution in [0.25, 0.3) is 11.6 Å². The summed E-state index contributed by atoms with van der Waals surface area (Å²) in [4.78, 5) is 4.08. The quantitative estimate of drug-likeness (QED) is 0.853. The predicted octanol–water partition coefficient (Wildman–Crippen LogP) is 2.86. The minimum Gasteiger partial charge on any atom is -0.419 e. The van der Waals surface area contributed by atoms with Gasteiger partial charge >= 0.3 is 0 Å². The molecule has 24 heavy (non-hydrogen) atoms. The van der Waals surface area contributed by atoms with Gasteiger partial charge in [-0.25, -0.2) is 4.98 Å². The Morgan fingerprint density at radius 2 is 2.17 bits per heavy atom. The van der Waals surface area contributed by atoms with Crippen molar-refractivity contribution in [3.8, 4) is 11.6 Å². The molecule has 1 aliphatic carbocycles. The van der Waals surface area contributed by atoms with Crippen molar-refractivity contribution in [1.29, 1.82) is 0 Å². The molecule has 0 saturated carbocycles. The lowest BCUT2D eigenvalue weighted by Gasteiger charge is -2.36. The maximum atomic E-state index is 9.65. The summed E-state index contributed by atoms with van der Waals surface area (Å²) in [5.74, 6) is 2.85. The fourth-order valence-electron chi connectivity index (χ4n) is 3.70. The lowest BCUT2D eigenvalue weighted by molar-refractivity contribution is 0.147. The van der Waals surface area contributed by atoms with E-state index in [2.05, 4.69) is 42.0 Å². The third-order valence-electron chi connectivity index (χ3n) is 5.22. The minimum atomic E-state index is 0.220. The molecule has 3 rings (SSSR count). The Hall–Kier alpha value is -1.95. The summed E-state index contributed by atoms with van der Waals surface area (Å²) in [6.07, 6.45) is 7.47. The number of nitrogens with zero attached hydrogens (tertiary/aromatic N) is 4. The number of aliphatic hydroxyl groups is 1. The van der Waals surface area contributed by atoms with Crippen molar-refractivity contribution in [2.24, 2.45) is 30.7 Å². The highest BCUT2D eigenvalue weighted by Crippen LogP contribution is 2.38. The van der Waals surface area contributed by atoms with Crippen LogP contribution in [0.1, 0.15) is 33.1 Å². The van der Waals surface area contributed by atoms with Gasteiger partial charge in [-0.1, -0.05) is 25.5 Å². The van der Waals surface area contributed by atoms with Gasteiger partial charge in [-0.2, -0.15) is 0 Å². The number of aromatic nitrogens is 4. The molecule has 0 amide bonds. The van der Waals surface area contributed by atoms with E-state index in [4.69, 9.17) is 4.42 Å². The molecule has 0 unspecified atom stereocenters. The Kier molecular flexibility index (Phi) is 4.85. The van der Waals surface area contributed by atoms with Crippen molar-refractivity contribution >= 4 is 0 Å². The van der Waals surface area contributed by atoms with E-state index in [-0.39, 0.29) is 12.5 Å². The van der Waals surface area contributed by atoms with E-state index in [0.29, 0.717) is 29.5 Å². The van der Waals surface area contributed by atoms with Gasteiger partial charge in [-0.3, -0.25) is 0 Å². The van der Waals surface area contributed by atoms with E-state index >= 15 is 0 Å². The lowest BCUT2D eigenvalue weighted by atomic mass is 9.70.